The molecule has 1 aliphatic carbocycles. The molecule has 248 valence electrons. The van der Waals surface area contributed by atoms with Gasteiger partial charge in [0.05, 0.1) is 19.3 Å². The number of ether oxygens (including phenoxy) is 1. The fourth-order valence-electron chi connectivity index (χ4n) is 6.16. The molecule has 1 fully saturated rings. The van der Waals surface area contributed by atoms with Crippen LogP contribution in [0.25, 0.3) is 39.4 Å². The van der Waals surface area contributed by atoms with Gasteiger partial charge in [0.25, 0.3) is 5.56 Å². The van der Waals surface area contributed by atoms with Crippen molar-refractivity contribution in [1.29, 1.82) is 0 Å². The van der Waals surface area contributed by atoms with Crippen molar-refractivity contribution in [3.8, 4) is 28.7 Å². The van der Waals surface area contributed by atoms with E-state index in [4.69, 9.17) is 14.7 Å². The van der Waals surface area contributed by atoms with Crippen molar-refractivity contribution >= 4 is 16.6 Å². The third kappa shape index (κ3) is 5.98. The van der Waals surface area contributed by atoms with Gasteiger partial charge in [0, 0.05) is 54.0 Å². The van der Waals surface area contributed by atoms with Gasteiger partial charge >= 0.3 is 6.18 Å². The molecule has 7 rings (SSSR count). The summed E-state index contributed by atoms with van der Waals surface area (Å²) in [5, 5.41) is 0.701. The van der Waals surface area contributed by atoms with E-state index in [2.05, 4.69) is 25.9 Å². The number of rotatable bonds is 8. The first-order chi connectivity index (χ1) is 23.0. The molecule has 0 saturated heterocycles. The molecule has 0 radical (unpaired) electrons. The summed E-state index contributed by atoms with van der Waals surface area (Å²) in [6, 6.07) is 8.73. The van der Waals surface area contributed by atoms with Gasteiger partial charge in [0.15, 0.2) is 11.5 Å². The smallest absolute Gasteiger partial charge is 0.434 e. The Balaban J connectivity index is 1.34. The Kier molecular flexibility index (Phi) is 8.10. The molecule has 0 amide bonds. The fourth-order valence-corrected chi connectivity index (χ4v) is 6.16. The van der Waals surface area contributed by atoms with E-state index in [1.54, 1.807) is 30.0 Å². The quantitative estimate of drug-likeness (QED) is 0.190. The molecule has 0 N–H and O–H groups in total. The van der Waals surface area contributed by atoms with Crippen molar-refractivity contribution in [2.24, 2.45) is 0 Å². The van der Waals surface area contributed by atoms with Crippen molar-refractivity contribution in [2.45, 2.75) is 57.8 Å². The summed E-state index contributed by atoms with van der Waals surface area (Å²) in [6.45, 7) is 5.37. The van der Waals surface area contributed by atoms with Gasteiger partial charge < -0.3 is 14.2 Å². The zero-order valence-corrected chi connectivity index (χ0v) is 27.1. The summed E-state index contributed by atoms with van der Waals surface area (Å²) in [5.41, 5.74) is 3.66. The third-order valence-electron chi connectivity index (χ3n) is 8.94. The number of alkyl halides is 3. The average molecular weight is 657 g/mol. The van der Waals surface area contributed by atoms with E-state index in [1.165, 1.54) is 10.9 Å². The second-order valence-corrected chi connectivity index (χ2v) is 12.7. The van der Waals surface area contributed by atoms with Gasteiger partial charge in [-0.25, -0.2) is 24.9 Å². The maximum absolute atomic E-state index is 14.3. The largest absolute Gasteiger partial charge is 0.480 e. The number of imidazole rings is 1. The van der Waals surface area contributed by atoms with Crippen LogP contribution in [0.3, 0.4) is 0 Å². The van der Waals surface area contributed by atoms with Crippen LogP contribution in [-0.2, 0) is 12.7 Å². The Morgan fingerprint density at radius 3 is 2.48 bits per heavy atom. The fraction of sp³-hybridized carbons (Fsp3) is 0.371. The van der Waals surface area contributed by atoms with Crippen molar-refractivity contribution in [2.75, 3.05) is 27.2 Å². The van der Waals surface area contributed by atoms with Gasteiger partial charge in [0.2, 0.25) is 5.88 Å². The SMILES string of the molecule is COc1ncnc(C2CC2)c1-c1ncc2cc(C3=CCN(C)CC3)c(=O)n(Cc3ccc(-c4nc(C(F)(F)F)cn4C(C)C)cc3)c2n1. The van der Waals surface area contributed by atoms with Crippen LogP contribution in [0, 0.1) is 0 Å². The molecule has 0 unspecified atom stereocenters. The Morgan fingerprint density at radius 1 is 1.06 bits per heavy atom. The predicted octanol–water partition coefficient (Wildman–Crippen LogP) is 6.36. The van der Waals surface area contributed by atoms with Crippen molar-refractivity contribution in [3.05, 3.63) is 88.0 Å². The molecule has 1 saturated carbocycles. The number of likely N-dealkylation sites (N-methyl/N-ethyl adjacent to an activating group) is 1. The lowest BCUT2D eigenvalue weighted by Crippen LogP contribution is -2.28. The van der Waals surface area contributed by atoms with Crippen LogP contribution in [0.5, 0.6) is 5.88 Å². The average Bonchev–Trinajstić information content (AvgIpc) is 3.82. The zero-order valence-electron chi connectivity index (χ0n) is 27.1. The number of hydrogen-bond acceptors (Lipinski definition) is 8. The number of hydrogen-bond donors (Lipinski definition) is 0. The van der Waals surface area contributed by atoms with Crippen LogP contribution in [-0.4, -0.2) is 66.2 Å². The zero-order chi connectivity index (χ0) is 33.7. The summed E-state index contributed by atoms with van der Waals surface area (Å²) in [7, 11) is 3.59. The molecular weight excluding hydrogens is 621 g/mol. The Morgan fingerprint density at radius 2 is 1.83 bits per heavy atom. The minimum absolute atomic E-state index is 0.178. The lowest BCUT2D eigenvalue weighted by molar-refractivity contribution is -0.140. The first-order valence-corrected chi connectivity index (χ1v) is 15.9. The van der Waals surface area contributed by atoms with Gasteiger partial charge in [-0.15, -0.1) is 0 Å². The molecule has 1 aromatic carbocycles. The first kappa shape index (κ1) is 31.7. The van der Waals surface area contributed by atoms with Gasteiger partial charge in [-0.1, -0.05) is 30.3 Å². The molecule has 0 bridgehead atoms. The highest BCUT2D eigenvalue weighted by Gasteiger charge is 2.35. The van der Waals surface area contributed by atoms with E-state index in [-0.39, 0.29) is 29.9 Å². The molecule has 13 heteroatoms. The molecule has 2 aliphatic rings. The highest BCUT2D eigenvalue weighted by atomic mass is 19.4. The Bertz CT molecular complexity index is 2100. The number of fused-ring (bicyclic) bond motifs is 1. The summed E-state index contributed by atoms with van der Waals surface area (Å²) in [6.07, 6.45) is 4.52. The highest BCUT2D eigenvalue weighted by Crippen LogP contribution is 2.45. The number of halogens is 3. The molecule has 1 aliphatic heterocycles. The minimum atomic E-state index is -4.55. The van der Waals surface area contributed by atoms with E-state index in [1.807, 2.05) is 39.1 Å². The van der Waals surface area contributed by atoms with Crippen LogP contribution in [0.1, 0.15) is 67.6 Å². The number of nitrogens with zero attached hydrogens (tertiary/aromatic N) is 8. The standard InChI is InChI=1S/C35H35F3N8O2/c1-20(2)45-18-27(35(36,37)38)42-31(45)24-7-5-21(6-8-24)17-46-32-25(15-26(34(46)47)22-11-13-44(3)14-12-22)16-39-30(43-32)28-29(23-9-10-23)40-19-41-33(28)48-4/h5-8,11,15-16,18-20,23H,9-10,12-14,17H2,1-4H3. The number of methoxy groups -OCH3 is 1. The second kappa shape index (κ2) is 12.3. The van der Waals surface area contributed by atoms with Crippen molar-refractivity contribution < 1.29 is 17.9 Å². The molecule has 4 aromatic heterocycles. The van der Waals surface area contributed by atoms with E-state index < -0.39 is 11.9 Å². The number of benzene rings is 1. The maximum atomic E-state index is 14.3. The van der Waals surface area contributed by atoms with Crippen LogP contribution < -0.4 is 10.3 Å². The van der Waals surface area contributed by atoms with Gasteiger partial charge in [-0.05, 0) is 57.4 Å². The second-order valence-electron chi connectivity index (χ2n) is 12.7. The van der Waals surface area contributed by atoms with Gasteiger partial charge in [-0.3, -0.25) is 9.36 Å². The molecule has 5 heterocycles. The van der Waals surface area contributed by atoms with E-state index >= 15 is 0 Å². The topological polar surface area (TPSA) is 104 Å². The normalized spacial score (nSPS) is 15.7. The Labute approximate surface area is 275 Å². The maximum Gasteiger partial charge on any atom is 0.434 e. The lowest BCUT2D eigenvalue weighted by Gasteiger charge is -2.22. The van der Waals surface area contributed by atoms with E-state index in [0.29, 0.717) is 39.4 Å². The van der Waals surface area contributed by atoms with Crippen molar-refractivity contribution in [1.82, 2.24) is 39.0 Å². The molecule has 0 atom stereocenters. The molecule has 0 spiro atoms. The molecule has 5 aromatic rings. The molecule has 48 heavy (non-hydrogen) atoms. The molecule has 10 nitrogen and oxygen atoms in total. The van der Waals surface area contributed by atoms with Gasteiger partial charge in [-0.2, -0.15) is 13.2 Å². The van der Waals surface area contributed by atoms with Crippen LogP contribution >= 0.6 is 0 Å². The van der Waals surface area contributed by atoms with E-state index in [0.717, 1.165) is 55.4 Å². The number of pyridine rings is 1. The first-order valence-electron chi connectivity index (χ1n) is 15.9. The lowest BCUT2D eigenvalue weighted by atomic mass is 9.99. The van der Waals surface area contributed by atoms with Crippen LogP contribution in [0.2, 0.25) is 0 Å². The summed E-state index contributed by atoms with van der Waals surface area (Å²) in [5.74, 6) is 1.24. The highest BCUT2D eigenvalue weighted by molar-refractivity contribution is 5.82. The molecular formula is C35H35F3N8O2. The van der Waals surface area contributed by atoms with Crippen LogP contribution in [0.15, 0.2) is 59.9 Å². The third-order valence-corrected chi connectivity index (χ3v) is 8.94. The monoisotopic (exact) mass is 656 g/mol. The summed E-state index contributed by atoms with van der Waals surface area (Å²) < 4.78 is 49.3. The minimum Gasteiger partial charge on any atom is -0.480 e. The Hall–Kier alpha value is -4.91. The summed E-state index contributed by atoms with van der Waals surface area (Å²) >= 11 is 0. The van der Waals surface area contributed by atoms with Crippen LogP contribution in [0.4, 0.5) is 13.2 Å². The summed E-state index contributed by atoms with van der Waals surface area (Å²) in [4.78, 5) is 38.9. The van der Waals surface area contributed by atoms with Crippen molar-refractivity contribution in [3.63, 3.8) is 0 Å². The predicted molar refractivity (Wildman–Crippen MR) is 176 cm³/mol. The number of aromatic nitrogens is 7. The van der Waals surface area contributed by atoms with Gasteiger partial charge in [0.1, 0.15) is 23.4 Å². The van der Waals surface area contributed by atoms with E-state index in [9.17, 15) is 18.0 Å².